The zero-order chi connectivity index (χ0) is 17.8. The standard InChI is InChI=1S/C19H20N4O2/c1-12-7-9-14(10-8-12)11-20-18(24)13(2)21-19(25)17-15-5-3-4-6-16(15)22-23-17/h3-10,13H,11H2,1-2H3,(H,20,24)(H,21,25)(H,22,23). The molecule has 3 N–H and O–H groups in total. The summed E-state index contributed by atoms with van der Waals surface area (Å²) in [7, 11) is 0. The van der Waals surface area contributed by atoms with Gasteiger partial charge in [0.05, 0.1) is 5.52 Å². The van der Waals surface area contributed by atoms with Crippen LogP contribution in [0.2, 0.25) is 0 Å². The zero-order valence-electron chi connectivity index (χ0n) is 14.2. The minimum atomic E-state index is -0.659. The number of H-pyrrole nitrogens is 1. The van der Waals surface area contributed by atoms with E-state index < -0.39 is 6.04 Å². The first-order chi connectivity index (χ1) is 12.0. The lowest BCUT2D eigenvalue weighted by atomic mass is 10.1. The molecule has 1 atom stereocenters. The van der Waals surface area contributed by atoms with Crippen LogP contribution < -0.4 is 10.6 Å². The van der Waals surface area contributed by atoms with Crippen LogP contribution in [-0.4, -0.2) is 28.1 Å². The number of carbonyl (C=O) groups is 2. The predicted molar refractivity (Wildman–Crippen MR) is 96.0 cm³/mol. The van der Waals surface area contributed by atoms with Crippen LogP contribution in [0.15, 0.2) is 48.5 Å². The number of aromatic amines is 1. The molecule has 6 heteroatoms. The summed E-state index contributed by atoms with van der Waals surface area (Å²) in [6.07, 6.45) is 0. The normalized spacial score (nSPS) is 11.9. The van der Waals surface area contributed by atoms with Crippen LogP contribution in [0.4, 0.5) is 0 Å². The van der Waals surface area contributed by atoms with Crippen molar-refractivity contribution >= 4 is 22.7 Å². The van der Waals surface area contributed by atoms with E-state index in [0.29, 0.717) is 6.54 Å². The fraction of sp³-hybridized carbons (Fsp3) is 0.211. The lowest BCUT2D eigenvalue weighted by Gasteiger charge is -2.13. The first kappa shape index (κ1) is 16.7. The number of para-hydroxylation sites is 1. The van der Waals surface area contributed by atoms with Gasteiger partial charge in [0.15, 0.2) is 5.69 Å². The molecule has 3 rings (SSSR count). The molecule has 1 heterocycles. The molecule has 128 valence electrons. The van der Waals surface area contributed by atoms with Gasteiger partial charge >= 0.3 is 0 Å². The molecule has 0 aliphatic rings. The fourth-order valence-corrected chi connectivity index (χ4v) is 2.52. The Balaban J connectivity index is 1.59. The third-order valence-electron chi connectivity index (χ3n) is 4.01. The number of aromatic nitrogens is 2. The van der Waals surface area contributed by atoms with Crippen LogP contribution in [0.5, 0.6) is 0 Å². The molecule has 6 nitrogen and oxygen atoms in total. The maximum atomic E-state index is 12.4. The van der Waals surface area contributed by atoms with Crippen LogP contribution in [0.25, 0.3) is 10.9 Å². The van der Waals surface area contributed by atoms with E-state index in [-0.39, 0.29) is 17.5 Å². The fourth-order valence-electron chi connectivity index (χ4n) is 2.52. The van der Waals surface area contributed by atoms with Crippen LogP contribution >= 0.6 is 0 Å². The summed E-state index contributed by atoms with van der Waals surface area (Å²) in [6.45, 7) is 4.08. The van der Waals surface area contributed by atoms with Gasteiger partial charge in [-0.25, -0.2) is 0 Å². The average Bonchev–Trinajstić information content (AvgIpc) is 3.05. The van der Waals surface area contributed by atoms with Gasteiger partial charge in [0.2, 0.25) is 5.91 Å². The highest BCUT2D eigenvalue weighted by atomic mass is 16.2. The molecule has 25 heavy (non-hydrogen) atoms. The number of nitrogens with zero attached hydrogens (tertiary/aromatic N) is 1. The molecular weight excluding hydrogens is 316 g/mol. The number of aryl methyl sites for hydroxylation is 1. The molecule has 0 aliphatic carbocycles. The Kier molecular flexibility index (Phi) is 4.79. The molecule has 2 aromatic carbocycles. The summed E-state index contributed by atoms with van der Waals surface area (Å²) in [6, 6.07) is 14.6. The van der Waals surface area contributed by atoms with Gasteiger partial charge in [0.25, 0.3) is 5.91 Å². The van der Waals surface area contributed by atoms with Crippen LogP contribution in [0.3, 0.4) is 0 Å². The van der Waals surface area contributed by atoms with Crippen molar-refractivity contribution in [2.24, 2.45) is 0 Å². The molecule has 0 radical (unpaired) electrons. The molecule has 1 aromatic heterocycles. The summed E-state index contributed by atoms with van der Waals surface area (Å²) in [4.78, 5) is 24.6. The molecule has 0 fully saturated rings. The number of hydrogen-bond donors (Lipinski definition) is 3. The molecule has 3 aromatic rings. The molecular formula is C19H20N4O2. The van der Waals surface area contributed by atoms with Crippen molar-refractivity contribution in [2.45, 2.75) is 26.4 Å². The largest absolute Gasteiger partial charge is 0.350 e. The molecule has 2 amide bonds. The van der Waals surface area contributed by atoms with Gasteiger partial charge in [-0.1, -0.05) is 48.0 Å². The Morgan fingerprint density at radius 3 is 2.60 bits per heavy atom. The van der Waals surface area contributed by atoms with Crippen LogP contribution in [0, 0.1) is 6.92 Å². The Hall–Kier alpha value is -3.15. The highest BCUT2D eigenvalue weighted by molar-refractivity contribution is 6.05. The second-order valence-electron chi connectivity index (χ2n) is 6.02. The van der Waals surface area contributed by atoms with E-state index >= 15 is 0 Å². The van der Waals surface area contributed by atoms with Gasteiger partial charge in [-0.15, -0.1) is 0 Å². The maximum Gasteiger partial charge on any atom is 0.273 e. The topological polar surface area (TPSA) is 86.9 Å². The quantitative estimate of drug-likeness (QED) is 0.668. The van der Waals surface area contributed by atoms with Crippen LogP contribution in [-0.2, 0) is 11.3 Å². The predicted octanol–water partition coefficient (Wildman–Crippen LogP) is 2.31. The van der Waals surface area contributed by atoms with Crippen molar-refractivity contribution in [3.63, 3.8) is 0 Å². The number of hydrogen-bond acceptors (Lipinski definition) is 3. The summed E-state index contributed by atoms with van der Waals surface area (Å²) < 4.78 is 0. The molecule has 0 bridgehead atoms. The lowest BCUT2D eigenvalue weighted by molar-refractivity contribution is -0.122. The number of rotatable bonds is 5. The molecule has 1 unspecified atom stereocenters. The van der Waals surface area contributed by atoms with Gasteiger partial charge in [-0.3, -0.25) is 14.7 Å². The molecule has 0 aliphatic heterocycles. The summed E-state index contributed by atoms with van der Waals surface area (Å²) in [5, 5.41) is 13.1. The minimum Gasteiger partial charge on any atom is -0.350 e. The number of amides is 2. The van der Waals surface area contributed by atoms with E-state index in [1.807, 2.05) is 55.5 Å². The van der Waals surface area contributed by atoms with E-state index in [1.165, 1.54) is 5.56 Å². The first-order valence-corrected chi connectivity index (χ1v) is 8.12. The summed E-state index contributed by atoms with van der Waals surface area (Å²) in [5.41, 5.74) is 3.25. The third kappa shape index (κ3) is 3.85. The smallest absolute Gasteiger partial charge is 0.273 e. The van der Waals surface area contributed by atoms with E-state index in [9.17, 15) is 9.59 Å². The Morgan fingerprint density at radius 2 is 1.84 bits per heavy atom. The van der Waals surface area contributed by atoms with Crippen molar-refractivity contribution in [3.05, 3.63) is 65.4 Å². The highest BCUT2D eigenvalue weighted by Crippen LogP contribution is 2.14. The van der Waals surface area contributed by atoms with Gasteiger partial charge in [0, 0.05) is 11.9 Å². The van der Waals surface area contributed by atoms with Crippen molar-refractivity contribution in [1.82, 2.24) is 20.8 Å². The van der Waals surface area contributed by atoms with Gasteiger partial charge in [-0.05, 0) is 25.5 Å². The SMILES string of the molecule is Cc1ccc(CNC(=O)C(C)NC(=O)c2n[nH]c3ccccc23)cc1. The van der Waals surface area contributed by atoms with Crippen molar-refractivity contribution in [2.75, 3.05) is 0 Å². The second-order valence-corrected chi connectivity index (χ2v) is 6.02. The van der Waals surface area contributed by atoms with Crippen molar-refractivity contribution < 1.29 is 9.59 Å². The Bertz CT molecular complexity index is 899. The average molecular weight is 336 g/mol. The lowest BCUT2D eigenvalue weighted by Crippen LogP contribution is -2.44. The van der Waals surface area contributed by atoms with E-state index in [2.05, 4.69) is 20.8 Å². The van der Waals surface area contributed by atoms with Crippen molar-refractivity contribution in [1.29, 1.82) is 0 Å². The molecule has 0 saturated carbocycles. The highest BCUT2D eigenvalue weighted by Gasteiger charge is 2.19. The minimum absolute atomic E-state index is 0.242. The Labute approximate surface area is 145 Å². The van der Waals surface area contributed by atoms with Crippen molar-refractivity contribution in [3.8, 4) is 0 Å². The van der Waals surface area contributed by atoms with Crippen LogP contribution in [0.1, 0.15) is 28.5 Å². The van der Waals surface area contributed by atoms with E-state index in [4.69, 9.17) is 0 Å². The van der Waals surface area contributed by atoms with Gasteiger partial charge < -0.3 is 10.6 Å². The zero-order valence-corrected chi connectivity index (χ0v) is 14.2. The van der Waals surface area contributed by atoms with E-state index in [1.54, 1.807) is 6.92 Å². The summed E-state index contributed by atoms with van der Waals surface area (Å²) in [5.74, 6) is -0.621. The number of nitrogens with one attached hydrogen (secondary N) is 3. The maximum absolute atomic E-state index is 12.4. The van der Waals surface area contributed by atoms with Gasteiger partial charge in [0.1, 0.15) is 6.04 Å². The van der Waals surface area contributed by atoms with E-state index in [0.717, 1.165) is 16.5 Å². The first-order valence-electron chi connectivity index (χ1n) is 8.12. The van der Waals surface area contributed by atoms with Gasteiger partial charge in [-0.2, -0.15) is 5.10 Å². The summed E-state index contributed by atoms with van der Waals surface area (Å²) >= 11 is 0. The number of fused-ring (bicyclic) bond motifs is 1. The molecule has 0 spiro atoms. The number of carbonyl (C=O) groups excluding carboxylic acids is 2. The Morgan fingerprint density at radius 1 is 1.12 bits per heavy atom. The monoisotopic (exact) mass is 336 g/mol. The molecule has 0 saturated heterocycles. The number of benzene rings is 2. The third-order valence-corrected chi connectivity index (χ3v) is 4.01. The second kappa shape index (κ2) is 7.17.